The van der Waals surface area contributed by atoms with Crippen molar-refractivity contribution >= 4 is 18.3 Å². The van der Waals surface area contributed by atoms with Gasteiger partial charge in [0.05, 0.1) is 6.04 Å². The van der Waals surface area contributed by atoms with Crippen LogP contribution in [0.5, 0.6) is 0 Å². The molecule has 0 aliphatic carbocycles. The van der Waals surface area contributed by atoms with Crippen molar-refractivity contribution in [2.75, 3.05) is 18.5 Å². The Morgan fingerprint density at radius 3 is 2.38 bits per heavy atom. The van der Waals surface area contributed by atoms with E-state index in [4.69, 9.17) is 5.73 Å². The predicted molar refractivity (Wildman–Crippen MR) is 83.9 cm³/mol. The van der Waals surface area contributed by atoms with Gasteiger partial charge in [0.2, 0.25) is 0 Å². The van der Waals surface area contributed by atoms with Gasteiger partial charge < -0.3 is 26.1 Å². The molecule has 0 aliphatic heterocycles. The van der Waals surface area contributed by atoms with Gasteiger partial charge >= 0.3 is 0 Å². The van der Waals surface area contributed by atoms with Crippen molar-refractivity contribution in [3.05, 3.63) is 29.8 Å². The topological polar surface area (TPSA) is 96.2 Å². The molecular weight excluding hydrogens is 268 g/mol. The van der Waals surface area contributed by atoms with E-state index in [1.165, 1.54) is 5.56 Å². The molecule has 5 N–H and O–H groups in total. The number of hydrogen-bond acceptors (Lipinski definition) is 6. The van der Waals surface area contributed by atoms with Crippen LogP contribution in [0.2, 0.25) is 0 Å². The minimum atomic E-state index is -0.417. The lowest BCUT2D eigenvalue weighted by atomic mass is 10.0. The first-order valence-corrected chi connectivity index (χ1v) is 7.03. The molecule has 3 unspecified atom stereocenters. The van der Waals surface area contributed by atoms with Gasteiger partial charge in [-0.2, -0.15) is 0 Å². The molecule has 0 heterocycles. The first-order chi connectivity index (χ1) is 10.1. The van der Waals surface area contributed by atoms with E-state index in [1.54, 1.807) is 6.92 Å². The summed E-state index contributed by atoms with van der Waals surface area (Å²) in [6.45, 7) is 4.54. The van der Waals surface area contributed by atoms with Crippen molar-refractivity contribution in [3.8, 4) is 0 Å². The molecule has 0 amide bonds. The van der Waals surface area contributed by atoms with Crippen LogP contribution in [0.15, 0.2) is 24.3 Å². The minimum Gasteiger partial charge on any atom is -0.329 e. The second kappa shape index (κ2) is 9.23. The fraction of sp³-hybridized carbons (Fsp3) is 0.467. The van der Waals surface area contributed by atoms with Crippen LogP contribution in [0.4, 0.5) is 5.69 Å². The average molecular weight is 292 g/mol. The number of hydrogen-bond donors (Lipinski definition) is 4. The summed E-state index contributed by atoms with van der Waals surface area (Å²) in [5.41, 5.74) is 13.6. The first-order valence-electron chi connectivity index (χ1n) is 7.03. The van der Waals surface area contributed by atoms with E-state index in [-0.39, 0.29) is 12.0 Å². The van der Waals surface area contributed by atoms with E-state index in [2.05, 4.69) is 16.2 Å². The fourth-order valence-electron chi connectivity index (χ4n) is 1.80. The Balaban J connectivity index is 2.42. The summed E-state index contributed by atoms with van der Waals surface area (Å²) < 4.78 is 0. The lowest BCUT2D eigenvalue weighted by Gasteiger charge is -2.22. The third-order valence-electron chi connectivity index (χ3n) is 3.32. The van der Waals surface area contributed by atoms with Crippen molar-refractivity contribution in [2.45, 2.75) is 25.9 Å². The molecule has 6 nitrogen and oxygen atoms in total. The molecule has 0 aromatic heterocycles. The number of anilines is 1. The van der Waals surface area contributed by atoms with E-state index < -0.39 is 6.04 Å². The zero-order valence-corrected chi connectivity index (χ0v) is 12.5. The van der Waals surface area contributed by atoms with Crippen molar-refractivity contribution in [2.24, 2.45) is 11.7 Å². The molecule has 1 aromatic carbocycles. The Bertz CT molecular complexity index is 436. The molecule has 0 bridgehead atoms. The lowest BCUT2D eigenvalue weighted by Crippen LogP contribution is -2.49. The molecule has 116 valence electrons. The third kappa shape index (κ3) is 6.03. The number of aldehydes is 2. The van der Waals surface area contributed by atoms with Gasteiger partial charge in [0, 0.05) is 30.7 Å². The van der Waals surface area contributed by atoms with Crippen LogP contribution in [-0.4, -0.2) is 37.7 Å². The van der Waals surface area contributed by atoms with Gasteiger partial charge in [-0.15, -0.1) is 0 Å². The van der Waals surface area contributed by atoms with Gasteiger partial charge in [0.1, 0.15) is 12.6 Å². The average Bonchev–Trinajstić information content (AvgIpc) is 2.52. The van der Waals surface area contributed by atoms with E-state index in [0.29, 0.717) is 13.1 Å². The quantitative estimate of drug-likeness (QED) is 0.364. The highest BCUT2D eigenvalue weighted by atomic mass is 16.1. The summed E-state index contributed by atoms with van der Waals surface area (Å²) >= 11 is 0. The Morgan fingerprint density at radius 1 is 1.19 bits per heavy atom. The van der Waals surface area contributed by atoms with Crippen molar-refractivity contribution in [1.29, 1.82) is 0 Å². The van der Waals surface area contributed by atoms with Crippen LogP contribution < -0.4 is 21.9 Å². The molecule has 6 heteroatoms. The highest BCUT2D eigenvalue weighted by molar-refractivity contribution is 5.59. The molecule has 3 atom stereocenters. The lowest BCUT2D eigenvalue weighted by molar-refractivity contribution is -0.111. The van der Waals surface area contributed by atoms with E-state index in [1.807, 2.05) is 31.2 Å². The molecule has 0 fully saturated rings. The second-order valence-corrected chi connectivity index (χ2v) is 5.12. The number of nitrogens with two attached hydrogens (primary N) is 1. The maximum Gasteiger partial charge on any atom is 0.140 e. The normalized spacial score (nSPS) is 15.0. The van der Waals surface area contributed by atoms with Gasteiger partial charge in [-0.25, -0.2) is 5.43 Å². The zero-order valence-electron chi connectivity index (χ0n) is 12.5. The second-order valence-electron chi connectivity index (χ2n) is 5.12. The highest BCUT2D eigenvalue weighted by Crippen LogP contribution is 2.07. The Kier molecular flexibility index (Phi) is 7.60. The number of nitrogens with one attached hydrogen (secondary N) is 3. The molecule has 1 aromatic rings. The molecular formula is C15H24N4O2. The van der Waals surface area contributed by atoms with E-state index in [9.17, 15) is 9.59 Å². The monoisotopic (exact) mass is 292 g/mol. The summed E-state index contributed by atoms with van der Waals surface area (Å²) in [6.07, 6.45) is 1.67. The Morgan fingerprint density at radius 2 is 1.86 bits per heavy atom. The van der Waals surface area contributed by atoms with Crippen molar-refractivity contribution < 1.29 is 9.59 Å². The highest BCUT2D eigenvalue weighted by Gasteiger charge is 2.16. The maximum absolute atomic E-state index is 11.1. The smallest absolute Gasteiger partial charge is 0.140 e. The first kappa shape index (κ1) is 17.3. The van der Waals surface area contributed by atoms with Gasteiger partial charge in [0.25, 0.3) is 0 Å². The Labute approximate surface area is 125 Å². The largest absolute Gasteiger partial charge is 0.329 e. The SMILES string of the molecule is Cc1ccc(NNC(C=O)CNC(CN)C(C)C=O)cc1. The summed E-state index contributed by atoms with van der Waals surface area (Å²) in [5.74, 6) is -0.188. The molecule has 0 saturated heterocycles. The molecule has 0 aliphatic rings. The van der Waals surface area contributed by atoms with Crippen molar-refractivity contribution in [1.82, 2.24) is 10.7 Å². The van der Waals surface area contributed by atoms with Gasteiger partial charge in [-0.05, 0) is 19.1 Å². The third-order valence-corrected chi connectivity index (χ3v) is 3.32. The van der Waals surface area contributed by atoms with E-state index >= 15 is 0 Å². The fourth-order valence-corrected chi connectivity index (χ4v) is 1.80. The number of aryl methyl sites for hydroxylation is 1. The van der Waals surface area contributed by atoms with E-state index in [0.717, 1.165) is 18.3 Å². The summed E-state index contributed by atoms with van der Waals surface area (Å²) in [7, 11) is 0. The number of carbonyl (C=O) groups is 2. The molecule has 0 radical (unpaired) electrons. The molecule has 21 heavy (non-hydrogen) atoms. The van der Waals surface area contributed by atoms with Gasteiger partial charge in [-0.3, -0.25) is 0 Å². The molecule has 0 saturated carbocycles. The van der Waals surface area contributed by atoms with Crippen LogP contribution in [0.25, 0.3) is 0 Å². The van der Waals surface area contributed by atoms with Crippen molar-refractivity contribution in [3.63, 3.8) is 0 Å². The molecule has 1 rings (SSSR count). The number of carbonyl (C=O) groups excluding carboxylic acids is 2. The minimum absolute atomic E-state index is 0.133. The number of rotatable bonds is 10. The Hall–Kier alpha value is -1.76. The van der Waals surface area contributed by atoms with Crippen LogP contribution in [-0.2, 0) is 9.59 Å². The van der Waals surface area contributed by atoms with Crippen LogP contribution in [0.1, 0.15) is 12.5 Å². The number of hydrazine groups is 1. The predicted octanol–water partition coefficient (Wildman–Crippen LogP) is 0.231. The zero-order chi connectivity index (χ0) is 15.7. The van der Waals surface area contributed by atoms with Gasteiger partial charge in [-0.1, -0.05) is 24.6 Å². The number of benzene rings is 1. The van der Waals surface area contributed by atoms with Crippen LogP contribution >= 0.6 is 0 Å². The standard InChI is InChI=1S/C15H24N4O2/c1-11-3-5-13(6-4-11)18-19-14(10-21)8-17-15(7-16)12(2)9-20/h3-6,9-10,12,14-15,17-19H,7-8,16H2,1-2H3. The molecule has 0 spiro atoms. The summed E-state index contributed by atoms with van der Waals surface area (Å²) in [5, 5.41) is 3.13. The maximum atomic E-state index is 11.1. The summed E-state index contributed by atoms with van der Waals surface area (Å²) in [4.78, 5) is 21.8. The summed E-state index contributed by atoms with van der Waals surface area (Å²) in [6, 6.07) is 7.26. The van der Waals surface area contributed by atoms with Gasteiger partial charge in [0.15, 0.2) is 0 Å². The van der Waals surface area contributed by atoms with Crippen LogP contribution in [0.3, 0.4) is 0 Å². The van der Waals surface area contributed by atoms with Crippen LogP contribution in [0, 0.1) is 12.8 Å².